The normalized spacial score (nSPS) is 11.6. The van der Waals surface area contributed by atoms with Gasteiger partial charge in [0.25, 0.3) is 0 Å². The Kier molecular flexibility index (Phi) is 7.14. The molecule has 0 saturated heterocycles. The van der Waals surface area contributed by atoms with E-state index in [2.05, 4.69) is 157 Å². The molecule has 0 saturated carbocycles. The Bertz CT molecular complexity index is 3200. The molecule has 11 aromatic rings. The summed E-state index contributed by atoms with van der Waals surface area (Å²) in [5.41, 5.74) is 12.0. The van der Waals surface area contributed by atoms with E-state index in [0.717, 1.165) is 93.9 Å². The molecule has 4 nitrogen and oxygen atoms in total. The Morgan fingerprint density at radius 3 is 1.80 bits per heavy atom. The number of oxazole rings is 1. The average Bonchev–Trinajstić information content (AvgIpc) is 3.86. The summed E-state index contributed by atoms with van der Waals surface area (Å²) in [4.78, 5) is 7.36. The molecule has 0 atom stereocenters. The zero-order valence-corrected chi connectivity index (χ0v) is 29.7. The van der Waals surface area contributed by atoms with Crippen molar-refractivity contribution in [3.05, 3.63) is 194 Å². The third kappa shape index (κ3) is 5.19. The molecule has 0 spiro atoms. The third-order valence-electron chi connectivity index (χ3n) is 10.7. The minimum Gasteiger partial charge on any atom is -0.456 e. The molecule has 9 aromatic carbocycles. The van der Waals surface area contributed by atoms with E-state index in [1.165, 1.54) is 5.56 Å². The van der Waals surface area contributed by atoms with Gasteiger partial charge >= 0.3 is 0 Å². The van der Waals surface area contributed by atoms with Gasteiger partial charge in [-0.05, 0) is 99.6 Å². The van der Waals surface area contributed by atoms with Gasteiger partial charge in [-0.2, -0.15) is 0 Å². The summed E-state index contributed by atoms with van der Waals surface area (Å²) < 4.78 is 13.0. The summed E-state index contributed by atoms with van der Waals surface area (Å²) in [5, 5.41) is 6.53. The Hall–Kier alpha value is -7.43. The van der Waals surface area contributed by atoms with Gasteiger partial charge in [0.2, 0.25) is 5.89 Å². The quantitative estimate of drug-likeness (QED) is 0.162. The van der Waals surface area contributed by atoms with E-state index in [-0.39, 0.29) is 0 Å². The Labute approximate surface area is 317 Å². The molecule has 0 N–H and O–H groups in total. The van der Waals surface area contributed by atoms with E-state index in [0.29, 0.717) is 5.89 Å². The van der Waals surface area contributed by atoms with Crippen molar-refractivity contribution >= 4 is 71.6 Å². The van der Waals surface area contributed by atoms with Crippen LogP contribution in [0.15, 0.2) is 203 Å². The molecule has 0 radical (unpaired) electrons. The number of para-hydroxylation sites is 2. The first-order chi connectivity index (χ1) is 27.3. The molecule has 0 aliphatic heterocycles. The number of rotatable bonds is 6. The first-order valence-electron chi connectivity index (χ1n) is 18.5. The van der Waals surface area contributed by atoms with Gasteiger partial charge in [-0.25, -0.2) is 4.98 Å². The number of aromatic nitrogens is 1. The van der Waals surface area contributed by atoms with Crippen LogP contribution < -0.4 is 4.90 Å². The molecular formula is C51H32N2O2. The largest absolute Gasteiger partial charge is 0.456 e. The van der Waals surface area contributed by atoms with Gasteiger partial charge in [0.05, 0.1) is 5.69 Å². The maximum absolute atomic E-state index is 6.71. The Morgan fingerprint density at radius 2 is 1.02 bits per heavy atom. The van der Waals surface area contributed by atoms with Crippen molar-refractivity contribution in [3.8, 4) is 33.7 Å². The van der Waals surface area contributed by atoms with Crippen LogP contribution in [0.2, 0.25) is 0 Å². The topological polar surface area (TPSA) is 42.4 Å². The van der Waals surface area contributed by atoms with Gasteiger partial charge in [0.1, 0.15) is 16.7 Å². The minimum atomic E-state index is 0.610. The number of anilines is 3. The summed E-state index contributed by atoms with van der Waals surface area (Å²) in [6.07, 6.45) is 0. The van der Waals surface area contributed by atoms with E-state index in [4.69, 9.17) is 13.8 Å². The van der Waals surface area contributed by atoms with Crippen molar-refractivity contribution in [1.82, 2.24) is 4.98 Å². The number of hydrogen-bond acceptors (Lipinski definition) is 4. The maximum atomic E-state index is 6.71. The van der Waals surface area contributed by atoms with E-state index >= 15 is 0 Å². The molecule has 0 aliphatic carbocycles. The number of nitrogens with zero attached hydrogens (tertiary/aromatic N) is 2. The summed E-state index contributed by atoms with van der Waals surface area (Å²) in [6, 6.07) is 68.2. The van der Waals surface area contributed by atoms with Gasteiger partial charge in [0, 0.05) is 38.7 Å². The van der Waals surface area contributed by atoms with Gasteiger partial charge in [-0.1, -0.05) is 127 Å². The lowest BCUT2D eigenvalue weighted by atomic mass is 9.92. The second kappa shape index (κ2) is 12.6. The van der Waals surface area contributed by atoms with Crippen LogP contribution in [-0.2, 0) is 0 Å². The molecule has 258 valence electrons. The molecule has 0 fully saturated rings. The minimum absolute atomic E-state index is 0.610. The molecular weight excluding hydrogens is 673 g/mol. The van der Waals surface area contributed by atoms with Crippen LogP contribution in [0.1, 0.15) is 0 Å². The van der Waals surface area contributed by atoms with Gasteiger partial charge in [0.15, 0.2) is 5.58 Å². The molecule has 0 aliphatic rings. The van der Waals surface area contributed by atoms with Crippen LogP contribution in [-0.4, -0.2) is 4.98 Å². The molecule has 0 amide bonds. The van der Waals surface area contributed by atoms with Gasteiger partial charge < -0.3 is 13.7 Å². The monoisotopic (exact) mass is 704 g/mol. The Morgan fingerprint density at radius 1 is 0.400 bits per heavy atom. The molecule has 55 heavy (non-hydrogen) atoms. The van der Waals surface area contributed by atoms with Crippen molar-refractivity contribution in [2.45, 2.75) is 0 Å². The Balaban J connectivity index is 1.22. The average molecular weight is 705 g/mol. The van der Waals surface area contributed by atoms with Crippen molar-refractivity contribution in [2.24, 2.45) is 0 Å². The summed E-state index contributed by atoms with van der Waals surface area (Å²) in [7, 11) is 0. The number of fused-ring (bicyclic) bond motifs is 8. The fraction of sp³-hybridized carbons (Fsp3) is 0. The van der Waals surface area contributed by atoms with Crippen molar-refractivity contribution in [1.29, 1.82) is 0 Å². The first-order valence-corrected chi connectivity index (χ1v) is 18.5. The van der Waals surface area contributed by atoms with Crippen molar-refractivity contribution < 1.29 is 8.83 Å². The van der Waals surface area contributed by atoms with Gasteiger partial charge in [-0.3, -0.25) is 0 Å². The molecule has 0 bridgehead atoms. The van der Waals surface area contributed by atoms with Gasteiger partial charge in [-0.15, -0.1) is 0 Å². The summed E-state index contributed by atoms with van der Waals surface area (Å²) in [6.45, 7) is 0. The van der Waals surface area contributed by atoms with Crippen LogP contribution in [0.25, 0.3) is 88.3 Å². The standard InChI is InChI=1S/C51H32N2O2/c1-4-14-33(15-5-1)39-20-10-12-22-46(39)53(38-26-29-48-43(31-38)41-21-11-13-23-47(41)54-48)37-25-27-40-42(34-16-6-2-7-17-34)30-36-24-28-45-50(49(36)44(40)32-37)55-51(52-45)35-18-8-3-9-19-35/h1-32H. The highest BCUT2D eigenvalue weighted by Crippen LogP contribution is 2.46. The van der Waals surface area contributed by atoms with Crippen LogP contribution in [0.4, 0.5) is 17.1 Å². The number of benzene rings is 9. The lowest BCUT2D eigenvalue weighted by molar-refractivity contribution is 0.623. The highest BCUT2D eigenvalue weighted by atomic mass is 16.3. The summed E-state index contributed by atoms with van der Waals surface area (Å²) >= 11 is 0. The lowest BCUT2D eigenvalue weighted by Gasteiger charge is -2.28. The van der Waals surface area contributed by atoms with E-state index in [9.17, 15) is 0 Å². The first kappa shape index (κ1) is 31.1. The number of furan rings is 1. The van der Waals surface area contributed by atoms with Crippen LogP contribution in [0.5, 0.6) is 0 Å². The number of hydrogen-bond donors (Lipinski definition) is 0. The zero-order chi connectivity index (χ0) is 36.3. The predicted octanol–water partition coefficient (Wildman–Crippen LogP) is 14.5. The van der Waals surface area contributed by atoms with Crippen LogP contribution in [0.3, 0.4) is 0 Å². The lowest BCUT2D eigenvalue weighted by Crippen LogP contribution is -2.11. The highest BCUT2D eigenvalue weighted by Gasteiger charge is 2.22. The predicted molar refractivity (Wildman–Crippen MR) is 227 cm³/mol. The van der Waals surface area contributed by atoms with Crippen LogP contribution in [0, 0.1) is 0 Å². The zero-order valence-electron chi connectivity index (χ0n) is 29.7. The smallest absolute Gasteiger partial charge is 0.227 e. The molecule has 11 rings (SSSR count). The van der Waals surface area contributed by atoms with Crippen LogP contribution >= 0.6 is 0 Å². The second-order valence-electron chi connectivity index (χ2n) is 13.9. The van der Waals surface area contributed by atoms with E-state index in [1.807, 2.05) is 42.5 Å². The molecule has 2 heterocycles. The fourth-order valence-electron chi connectivity index (χ4n) is 8.12. The van der Waals surface area contributed by atoms with Crippen molar-refractivity contribution in [2.75, 3.05) is 4.90 Å². The molecule has 4 heteroatoms. The molecule has 0 unspecified atom stereocenters. The van der Waals surface area contributed by atoms with E-state index < -0.39 is 0 Å². The van der Waals surface area contributed by atoms with E-state index in [1.54, 1.807) is 0 Å². The highest BCUT2D eigenvalue weighted by molar-refractivity contribution is 6.22. The fourth-order valence-corrected chi connectivity index (χ4v) is 8.12. The third-order valence-corrected chi connectivity index (χ3v) is 10.7. The second-order valence-corrected chi connectivity index (χ2v) is 13.9. The molecule has 2 aromatic heterocycles. The SMILES string of the molecule is c1ccc(-c2nc3ccc4cc(-c5ccccc5)c5ccc(N(c6ccc7oc8ccccc8c7c6)c6ccccc6-c6ccccc6)cc5c4c3o2)cc1. The maximum Gasteiger partial charge on any atom is 0.227 e. The van der Waals surface area contributed by atoms with Crippen molar-refractivity contribution in [3.63, 3.8) is 0 Å². The summed E-state index contributed by atoms with van der Waals surface area (Å²) in [5.74, 6) is 0.610.